The molecular weight excluding hydrogens is 669 g/mol. The summed E-state index contributed by atoms with van der Waals surface area (Å²) in [5.74, 6) is -2.28. The Labute approximate surface area is 280 Å². The molecule has 6 rings (SSSR count). The van der Waals surface area contributed by atoms with Crippen LogP contribution in [0.2, 0.25) is 10.0 Å². The summed E-state index contributed by atoms with van der Waals surface area (Å²) in [5.41, 5.74) is 1.20. The Hall–Kier alpha value is -4.37. The Morgan fingerprint density at radius 1 is 1.04 bits per heavy atom. The Balaban J connectivity index is 1.44. The van der Waals surface area contributed by atoms with Gasteiger partial charge < -0.3 is 10.0 Å². The molecule has 0 bridgehead atoms. The fourth-order valence-electron chi connectivity index (χ4n) is 6.20. The summed E-state index contributed by atoms with van der Waals surface area (Å²) in [6, 6.07) is 10.9. The lowest BCUT2D eigenvalue weighted by Gasteiger charge is -2.30. The van der Waals surface area contributed by atoms with E-state index in [-0.39, 0.29) is 40.4 Å². The van der Waals surface area contributed by atoms with E-state index in [0.717, 1.165) is 25.9 Å². The van der Waals surface area contributed by atoms with E-state index < -0.39 is 45.9 Å². The van der Waals surface area contributed by atoms with Gasteiger partial charge in [-0.25, -0.2) is 28.3 Å². The summed E-state index contributed by atoms with van der Waals surface area (Å²) in [6.07, 6.45) is 6.66. The number of imidazole rings is 1. The van der Waals surface area contributed by atoms with E-state index in [1.54, 1.807) is 19.3 Å². The summed E-state index contributed by atoms with van der Waals surface area (Å²) in [5, 5.41) is 9.45. The molecule has 1 saturated heterocycles. The van der Waals surface area contributed by atoms with Gasteiger partial charge >= 0.3 is 5.97 Å². The number of aliphatic carboxylic acids is 1. The Bertz CT molecular complexity index is 1970. The number of likely N-dealkylation sites (N-methyl/N-ethyl adjacent to an activating group) is 1. The van der Waals surface area contributed by atoms with Crippen LogP contribution in [0.5, 0.6) is 0 Å². The average Bonchev–Trinajstić information content (AvgIpc) is 3.74. The number of benzene rings is 2. The normalized spacial score (nSPS) is 19.6. The van der Waals surface area contributed by atoms with Crippen LogP contribution in [-0.2, 0) is 36.4 Å². The van der Waals surface area contributed by atoms with Gasteiger partial charge in [0.25, 0.3) is 15.9 Å². The van der Waals surface area contributed by atoms with Crippen LogP contribution >= 0.6 is 23.2 Å². The molecule has 2 aliphatic rings. The number of carbonyl (C=O) groups is 3. The van der Waals surface area contributed by atoms with Gasteiger partial charge in [0.1, 0.15) is 24.5 Å². The molecular formula is C31H29Cl2N7O6S. The molecule has 2 atom stereocenters. The minimum absolute atomic E-state index is 0.0309. The van der Waals surface area contributed by atoms with Crippen molar-refractivity contribution >= 4 is 62.6 Å². The predicted octanol–water partition coefficient (Wildman–Crippen LogP) is 3.98. The molecule has 2 aromatic carbocycles. The Kier molecular flexibility index (Phi) is 8.55. The van der Waals surface area contributed by atoms with Crippen LogP contribution in [0.15, 0.2) is 72.4 Å². The van der Waals surface area contributed by atoms with Gasteiger partial charge in [-0.1, -0.05) is 47.5 Å². The van der Waals surface area contributed by atoms with Gasteiger partial charge in [-0.05, 0) is 49.1 Å². The molecule has 4 heterocycles. The molecule has 1 N–H and O–H groups in total. The topological polar surface area (TPSA) is 159 Å². The number of fused-ring (bicyclic) bond motifs is 1. The molecule has 13 nitrogen and oxygen atoms in total. The Morgan fingerprint density at radius 2 is 1.70 bits per heavy atom. The van der Waals surface area contributed by atoms with E-state index in [1.807, 2.05) is 24.3 Å². The van der Waals surface area contributed by atoms with E-state index in [1.165, 1.54) is 47.2 Å². The van der Waals surface area contributed by atoms with E-state index >= 15 is 0 Å². The van der Waals surface area contributed by atoms with Gasteiger partial charge in [-0.15, -0.1) is 0 Å². The van der Waals surface area contributed by atoms with E-state index in [2.05, 4.69) is 15.0 Å². The largest absolute Gasteiger partial charge is 0.480 e. The van der Waals surface area contributed by atoms with Crippen molar-refractivity contribution in [2.75, 3.05) is 25.0 Å². The number of carbonyl (C=O) groups excluding carboxylic acids is 2. The quantitative estimate of drug-likeness (QED) is 0.273. The highest BCUT2D eigenvalue weighted by Gasteiger charge is 2.53. The first-order chi connectivity index (χ1) is 22.3. The van der Waals surface area contributed by atoms with Crippen molar-refractivity contribution in [2.24, 2.45) is 0 Å². The summed E-state index contributed by atoms with van der Waals surface area (Å²) < 4.78 is 31.3. The molecule has 1 fully saturated rings. The Morgan fingerprint density at radius 3 is 2.34 bits per heavy atom. The SMILES string of the molecule is CN(CC(=O)O)C(=O)C1CCCN1S(=O)(=O)c1cnc2n1C(C)(Cc1ccc(-c3cncnc3)cc1)C(=O)N2c1cc(Cl)cc(Cl)c1. The predicted molar refractivity (Wildman–Crippen MR) is 173 cm³/mol. The first-order valence-electron chi connectivity index (χ1n) is 14.5. The van der Waals surface area contributed by atoms with Crippen LogP contribution in [0.1, 0.15) is 25.3 Å². The van der Waals surface area contributed by atoms with Gasteiger partial charge in [0, 0.05) is 48.0 Å². The summed E-state index contributed by atoms with van der Waals surface area (Å²) in [7, 11) is -3.12. The molecule has 47 heavy (non-hydrogen) atoms. The van der Waals surface area contributed by atoms with Crippen molar-refractivity contribution in [3.05, 3.63) is 83.0 Å². The van der Waals surface area contributed by atoms with Crippen LogP contribution in [0.25, 0.3) is 11.1 Å². The zero-order chi connectivity index (χ0) is 33.7. The van der Waals surface area contributed by atoms with Crippen molar-refractivity contribution in [2.45, 2.75) is 42.8 Å². The first-order valence-corrected chi connectivity index (χ1v) is 16.7. The molecule has 0 aliphatic carbocycles. The molecule has 2 aromatic heterocycles. The zero-order valence-electron chi connectivity index (χ0n) is 25.2. The van der Waals surface area contributed by atoms with E-state index in [4.69, 9.17) is 23.2 Å². The maximum Gasteiger partial charge on any atom is 0.323 e. The number of anilines is 2. The minimum Gasteiger partial charge on any atom is -0.480 e. The fourth-order valence-corrected chi connectivity index (χ4v) is 8.56. The van der Waals surface area contributed by atoms with Gasteiger partial charge in [0.2, 0.25) is 11.9 Å². The highest BCUT2D eigenvalue weighted by Crippen LogP contribution is 2.45. The number of hydrogen-bond donors (Lipinski definition) is 1. The number of halogens is 2. The standard InChI is InChI=1S/C31H29Cl2N7O6S/c1-31(13-19-5-7-20(8-6-19)21-14-34-18-35-15-21)29(44)39(24-11-22(32)10-23(33)12-24)30-36-16-26(40(30)31)47(45,46)38-9-3-4-25(38)28(43)37(2)17-27(41)42/h5-8,10-12,14-16,18,25H,3-4,9,13,17H2,1-2H3,(H,41,42). The second-order valence-corrected chi connectivity index (χ2v) is 14.3. The molecule has 0 spiro atoms. The molecule has 2 unspecified atom stereocenters. The third-order valence-corrected chi connectivity index (χ3v) is 10.7. The van der Waals surface area contributed by atoms with E-state index in [0.29, 0.717) is 12.1 Å². The van der Waals surface area contributed by atoms with Crippen molar-refractivity contribution in [1.29, 1.82) is 0 Å². The number of hydrogen-bond acceptors (Lipinski definition) is 8. The first kappa shape index (κ1) is 32.6. The lowest BCUT2D eigenvalue weighted by Crippen LogP contribution is -2.48. The maximum absolute atomic E-state index is 14.5. The second-order valence-electron chi connectivity index (χ2n) is 11.6. The number of carboxylic acids is 1. The molecule has 0 radical (unpaired) electrons. The number of sulfonamides is 1. The van der Waals surface area contributed by atoms with Crippen LogP contribution in [0.4, 0.5) is 11.6 Å². The smallest absolute Gasteiger partial charge is 0.323 e. The highest BCUT2D eigenvalue weighted by atomic mass is 35.5. The van der Waals surface area contributed by atoms with Gasteiger partial charge in [0.15, 0.2) is 5.03 Å². The zero-order valence-corrected chi connectivity index (χ0v) is 27.6. The van der Waals surface area contributed by atoms with Gasteiger partial charge in [-0.3, -0.25) is 19.0 Å². The van der Waals surface area contributed by atoms with E-state index in [9.17, 15) is 27.9 Å². The third kappa shape index (κ3) is 5.86. The minimum atomic E-state index is -4.43. The second kappa shape index (κ2) is 12.3. The number of aromatic nitrogens is 4. The number of rotatable bonds is 9. The van der Waals surface area contributed by atoms with Gasteiger partial charge in [-0.2, -0.15) is 4.31 Å². The maximum atomic E-state index is 14.5. The van der Waals surface area contributed by atoms with Crippen LogP contribution < -0.4 is 4.90 Å². The molecule has 16 heteroatoms. The van der Waals surface area contributed by atoms with Crippen LogP contribution in [0, 0.1) is 0 Å². The summed E-state index contributed by atoms with van der Waals surface area (Å²) in [4.78, 5) is 53.8. The summed E-state index contributed by atoms with van der Waals surface area (Å²) >= 11 is 12.6. The monoisotopic (exact) mass is 697 g/mol. The molecule has 2 amide bonds. The molecule has 2 aliphatic heterocycles. The van der Waals surface area contributed by atoms with Crippen LogP contribution in [0.3, 0.4) is 0 Å². The van der Waals surface area contributed by atoms with Crippen LogP contribution in [-0.4, -0.2) is 86.2 Å². The highest BCUT2D eigenvalue weighted by molar-refractivity contribution is 7.89. The molecule has 244 valence electrons. The van der Waals surface area contributed by atoms with Crippen molar-refractivity contribution in [1.82, 2.24) is 28.7 Å². The summed E-state index contributed by atoms with van der Waals surface area (Å²) in [6.45, 7) is 1.09. The molecule has 0 saturated carbocycles. The lowest BCUT2D eigenvalue weighted by atomic mass is 9.91. The third-order valence-electron chi connectivity index (χ3n) is 8.38. The number of amides is 2. The number of nitrogens with zero attached hydrogens (tertiary/aromatic N) is 7. The van der Waals surface area contributed by atoms with Crippen molar-refractivity contribution in [3.8, 4) is 11.1 Å². The fraction of sp³-hybridized carbons (Fsp3) is 0.290. The van der Waals surface area contributed by atoms with Crippen molar-refractivity contribution in [3.63, 3.8) is 0 Å². The lowest BCUT2D eigenvalue weighted by molar-refractivity contribution is -0.144. The van der Waals surface area contributed by atoms with Gasteiger partial charge in [0.05, 0.1) is 11.9 Å². The molecule has 4 aromatic rings. The average molecular weight is 699 g/mol. The van der Waals surface area contributed by atoms with Crippen molar-refractivity contribution < 1.29 is 27.9 Å². The number of carboxylic acid groups (broad SMARTS) is 1.